The molecule has 0 aromatic heterocycles. The summed E-state index contributed by atoms with van der Waals surface area (Å²) in [5.74, 6) is -0.506. The molecule has 2 rings (SSSR count). The molecule has 0 aliphatic carbocycles. The topological polar surface area (TPSA) is 50.1 Å². The summed E-state index contributed by atoms with van der Waals surface area (Å²) in [5.41, 5.74) is 2.14. The lowest BCUT2D eigenvalue weighted by molar-refractivity contribution is 0.0977. The third kappa shape index (κ3) is 2.70. The standard InChI is InChI=1S/C17H15NO2/c1-12-6-5-7-13(10-12)17(19)15(11-18)14-8-3-4-9-16(14)20-2/h3-10,15H,1-2H3. The van der Waals surface area contributed by atoms with Crippen molar-refractivity contribution in [2.45, 2.75) is 12.8 Å². The molecule has 0 spiro atoms. The third-order valence-corrected chi connectivity index (χ3v) is 3.14. The lowest BCUT2D eigenvalue weighted by atomic mass is 9.90. The van der Waals surface area contributed by atoms with Gasteiger partial charge < -0.3 is 4.74 Å². The summed E-state index contributed by atoms with van der Waals surface area (Å²) in [4.78, 5) is 12.5. The zero-order chi connectivity index (χ0) is 14.5. The highest BCUT2D eigenvalue weighted by molar-refractivity contribution is 6.03. The van der Waals surface area contributed by atoms with Crippen molar-refractivity contribution in [3.8, 4) is 11.8 Å². The van der Waals surface area contributed by atoms with E-state index in [1.54, 1.807) is 30.3 Å². The molecule has 2 aromatic carbocycles. The minimum Gasteiger partial charge on any atom is -0.496 e. The Morgan fingerprint density at radius 2 is 1.95 bits per heavy atom. The van der Waals surface area contributed by atoms with Crippen molar-refractivity contribution in [1.29, 1.82) is 5.26 Å². The van der Waals surface area contributed by atoms with Gasteiger partial charge in [-0.2, -0.15) is 5.26 Å². The van der Waals surface area contributed by atoms with Crippen LogP contribution in [0.3, 0.4) is 0 Å². The molecule has 0 bridgehead atoms. The Morgan fingerprint density at radius 1 is 1.20 bits per heavy atom. The van der Waals surface area contributed by atoms with Gasteiger partial charge in [0.1, 0.15) is 11.7 Å². The van der Waals surface area contributed by atoms with Crippen LogP contribution in [-0.2, 0) is 0 Å². The predicted octanol–water partition coefficient (Wildman–Crippen LogP) is 3.49. The van der Waals surface area contributed by atoms with Crippen LogP contribution in [0.5, 0.6) is 5.75 Å². The first-order chi connectivity index (χ1) is 9.67. The summed E-state index contributed by atoms with van der Waals surface area (Å²) in [6.45, 7) is 1.92. The number of ether oxygens (including phenoxy) is 1. The van der Waals surface area contributed by atoms with Crippen LogP contribution < -0.4 is 4.74 Å². The molecule has 0 fully saturated rings. The number of carbonyl (C=O) groups is 1. The van der Waals surface area contributed by atoms with Gasteiger partial charge >= 0.3 is 0 Å². The van der Waals surface area contributed by atoms with Gasteiger partial charge in [0.2, 0.25) is 0 Å². The zero-order valence-electron chi connectivity index (χ0n) is 11.5. The average molecular weight is 265 g/mol. The normalized spacial score (nSPS) is 11.4. The molecule has 1 unspecified atom stereocenters. The van der Waals surface area contributed by atoms with Gasteiger partial charge in [-0.1, -0.05) is 42.0 Å². The molecule has 0 aliphatic heterocycles. The second kappa shape index (κ2) is 6.03. The Kier molecular flexibility index (Phi) is 4.17. The van der Waals surface area contributed by atoms with Gasteiger partial charge in [-0.05, 0) is 19.1 Å². The monoisotopic (exact) mass is 265 g/mol. The number of para-hydroxylation sites is 1. The van der Waals surface area contributed by atoms with E-state index in [0.717, 1.165) is 5.56 Å². The van der Waals surface area contributed by atoms with E-state index < -0.39 is 5.92 Å². The minimum atomic E-state index is -0.854. The number of ketones is 1. The lowest BCUT2D eigenvalue weighted by Gasteiger charge is -2.13. The zero-order valence-corrected chi connectivity index (χ0v) is 11.5. The fourth-order valence-corrected chi connectivity index (χ4v) is 2.14. The predicted molar refractivity (Wildman–Crippen MR) is 76.9 cm³/mol. The van der Waals surface area contributed by atoms with E-state index in [1.807, 2.05) is 25.1 Å². The Balaban J connectivity index is 2.43. The smallest absolute Gasteiger partial charge is 0.184 e. The largest absolute Gasteiger partial charge is 0.496 e. The van der Waals surface area contributed by atoms with Crippen molar-refractivity contribution >= 4 is 5.78 Å². The Labute approximate surface area is 118 Å². The summed E-state index contributed by atoms with van der Waals surface area (Å²) < 4.78 is 5.23. The average Bonchev–Trinajstić information content (AvgIpc) is 2.48. The van der Waals surface area contributed by atoms with Gasteiger partial charge in [0, 0.05) is 11.1 Å². The van der Waals surface area contributed by atoms with E-state index >= 15 is 0 Å². The maximum atomic E-state index is 12.5. The first-order valence-electron chi connectivity index (χ1n) is 6.30. The quantitative estimate of drug-likeness (QED) is 0.795. The van der Waals surface area contributed by atoms with E-state index in [1.165, 1.54) is 7.11 Å². The molecule has 0 radical (unpaired) electrons. The highest BCUT2D eigenvalue weighted by Gasteiger charge is 2.24. The molecule has 3 nitrogen and oxygen atoms in total. The van der Waals surface area contributed by atoms with Crippen molar-refractivity contribution in [3.63, 3.8) is 0 Å². The SMILES string of the molecule is COc1ccccc1C(C#N)C(=O)c1cccc(C)c1. The number of rotatable bonds is 4. The molecule has 0 saturated carbocycles. The van der Waals surface area contributed by atoms with Crippen LogP contribution in [0.4, 0.5) is 0 Å². The second-order valence-corrected chi connectivity index (χ2v) is 4.54. The Bertz CT molecular complexity index is 671. The number of Topliss-reactive ketones (excluding diaryl/α,β-unsaturated/α-hetero) is 1. The number of nitriles is 1. The first-order valence-corrected chi connectivity index (χ1v) is 6.30. The maximum Gasteiger partial charge on any atom is 0.184 e. The molecule has 20 heavy (non-hydrogen) atoms. The summed E-state index contributed by atoms with van der Waals surface area (Å²) in [7, 11) is 1.53. The fourth-order valence-electron chi connectivity index (χ4n) is 2.14. The van der Waals surface area contributed by atoms with Crippen molar-refractivity contribution in [2.75, 3.05) is 7.11 Å². The summed E-state index contributed by atoms with van der Waals surface area (Å²) >= 11 is 0. The highest BCUT2D eigenvalue weighted by Crippen LogP contribution is 2.28. The lowest BCUT2D eigenvalue weighted by Crippen LogP contribution is -2.12. The van der Waals surface area contributed by atoms with Crippen LogP contribution in [0.25, 0.3) is 0 Å². The van der Waals surface area contributed by atoms with Crippen molar-refractivity contribution in [3.05, 3.63) is 65.2 Å². The van der Waals surface area contributed by atoms with Crippen molar-refractivity contribution in [1.82, 2.24) is 0 Å². The van der Waals surface area contributed by atoms with Crippen molar-refractivity contribution < 1.29 is 9.53 Å². The molecule has 0 heterocycles. The first kappa shape index (κ1) is 13.8. The number of hydrogen-bond acceptors (Lipinski definition) is 3. The second-order valence-electron chi connectivity index (χ2n) is 4.54. The number of carbonyl (C=O) groups excluding carboxylic acids is 1. The van der Waals surface area contributed by atoms with Crippen LogP contribution in [0, 0.1) is 18.3 Å². The van der Waals surface area contributed by atoms with Crippen LogP contribution in [0.15, 0.2) is 48.5 Å². The Morgan fingerprint density at radius 3 is 2.60 bits per heavy atom. The van der Waals surface area contributed by atoms with Crippen LogP contribution in [0.1, 0.15) is 27.4 Å². The highest BCUT2D eigenvalue weighted by atomic mass is 16.5. The van der Waals surface area contributed by atoms with Crippen molar-refractivity contribution in [2.24, 2.45) is 0 Å². The maximum absolute atomic E-state index is 12.5. The molecule has 2 aromatic rings. The van der Waals surface area contributed by atoms with E-state index in [9.17, 15) is 10.1 Å². The molecular formula is C17H15NO2. The van der Waals surface area contributed by atoms with E-state index in [-0.39, 0.29) is 5.78 Å². The number of methoxy groups -OCH3 is 1. The molecule has 1 atom stereocenters. The van der Waals surface area contributed by atoms with Gasteiger partial charge in [-0.25, -0.2) is 0 Å². The van der Waals surface area contributed by atoms with Gasteiger partial charge in [0.15, 0.2) is 5.78 Å². The number of benzene rings is 2. The molecule has 0 amide bonds. The van der Waals surface area contributed by atoms with Gasteiger partial charge in [0.25, 0.3) is 0 Å². The summed E-state index contributed by atoms with van der Waals surface area (Å²) in [5, 5.41) is 9.37. The molecule has 0 N–H and O–H groups in total. The molecule has 0 aliphatic rings. The van der Waals surface area contributed by atoms with Gasteiger partial charge in [-0.3, -0.25) is 4.79 Å². The van der Waals surface area contributed by atoms with E-state index in [4.69, 9.17) is 4.74 Å². The van der Waals surface area contributed by atoms with Crippen LogP contribution >= 0.6 is 0 Å². The fraction of sp³-hybridized carbons (Fsp3) is 0.176. The van der Waals surface area contributed by atoms with Crippen LogP contribution in [0.2, 0.25) is 0 Å². The molecule has 0 saturated heterocycles. The van der Waals surface area contributed by atoms with Gasteiger partial charge in [-0.15, -0.1) is 0 Å². The number of hydrogen-bond donors (Lipinski definition) is 0. The minimum absolute atomic E-state index is 0.208. The van der Waals surface area contributed by atoms with E-state index in [2.05, 4.69) is 6.07 Å². The molecule has 3 heteroatoms. The Hall–Kier alpha value is -2.60. The summed E-state index contributed by atoms with van der Waals surface area (Å²) in [6, 6.07) is 16.5. The third-order valence-electron chi connectivity index (χ3n) is 3.14. The molecular weight excluding hydrogens is 250 g/mol. The van der Waals surface area contributed by atoms with Crippen LogP contribution in [-0.4, -0.2) is 12.9 Å². The molecule has 100 valence electrons. The number of aryl methyl sites for hydroxylation is 1. The summed E-state index contributed by atoms with van der Waals surface area (Å²) in [6.07, 6.45) is 0. The number of nitrogens with zero attached hydrogens (tertiary/aromatic N) is 1. The van der Waals surface area contributed by atoms with E-state index in [0.29, 0.717) is 16.9 Å². The van der Waals surface area contributed by atoms with Gasteiger partial charge in [0.05, 0.1) is 13.2 Å².